The third-order valence-corrected chi connectivity index (χ3v) is 3.90. The van der Waals surface area contributed by atoms with Crippen LogP contribution in [0.1, 0.15) is 39.0 Å². The van der Waals surface area contributed by atoms with Gasteiger partial charge in [-0.15, -0.1) is 0 Å². The number of likely N-dealkylation sites (tertiary alicyclic amines) is 1. The Kier molecular flexibility index (Phi) is 2.68. The summed E-state index contributed by atoms with van der Waals surface area (Å²) >= 11 is 0. The second-order valence-corrected chi connectivity index (χ2v) is 5.02. The molecule has 1 aliphatic carbocycles. The molecule has 0 aromatic heterocycles. The number of piperidine rings is 1. The first-order valence-electron chi connectivity index (χ1n) is 5.88. The zero-order valence-electron chi connectivity index (χ0n) is 9.33. The average Bonchev–Trinajstić information content (AvgIpc) is 2.18. The summed E-state index contributed by atoms with van der Waals surface area (Å²) in [5.41, 5.74) is -0.638. The Morgan fingerprint density at radius 3 is 2.40 bits per heavy atom. The normalized spacial score (nSPS) is 25.5. The fraction of sp³-hybridized carbons (Fsp3) is 0.833. The molecule has 1 amide bonds. The molecule has 0 radical (unpaired) electrons. The van der Waals surface area contributed by atoms with Gasteiger partial charge in [0.05, 0.1) is 6.07 Å². The van der Waals surface area contributed by atoms with Gasteiger partial charge in [-0.05, 0) is 38.0 Å². The van der Waals surface area contributed by atoms with Gasteiger partial charge in [-0.1, -0.05) is 6.92 Å². The fourth-order valence-electron chi connectivity index (χ4n) is 2.42. The van der Waals surface area contributed by atoms with Crippen LogP contribution in [0.3, 0.4) is 0 Å². The molecule has 2 fully saturated rings. The number of nitriles is 1. The molecular formula is C12H18N2O. The smallest absolute Gasteiger partial charge is 0.243 e. The standard InChI is InChI=1S/C12H18N2O/c1-10-3-7-14(8-4-10)11(15)12(9-13)5-2-6-12/h10H,2-8H2,1H3. The molecule has 0 aromatic carbocycles. The van der Waals surface area contributed by atoms with Gasteiger partial charge in [0.2, 0.25) is 5.91 Å². The second kappa shape index (κ2) is 3.84. The molecular weight excluding hydrogens is 188 g/mol. The Hall–Kier alpha value is -1.04. The van der Waals surface area contributed by atoms with Gasteiger partial charge >= 0.3 is 0 Å². The van der Waals surface area contributed by atoms with Crippen LogP contribution in [0.15, 0.2) is 0 Å². The van der Waals surface area contributed by atoms with Crippen LogP contribution < -0.4 is 0 Å². The summed E-state index contributed by atoms with van der Waals surface area (Å²) in [6.07, 6.45) is 4.76. The number of nitrogens with zero attached hydrogens (tertiary/aromatic N) is 2. The van der Waals surface area contributed by atoms with E-state index in [9.17, 15) is 4.79 Å². The van der Waals surface area contributed by atoms with Crippen molar-refractivity contribution < 1.29 is 4.79 Å². The van der Waals surface area contributed by atoms with E-state index < -0.39 is 5.41 Å². The van der Waals surface area contributed by atoms with E-state index >= 15 is 0 Å². The number of carbonyl (C=O) groups excluding carboxylic acids is 1. The molecule has 1 aliphatic heterocycles. The molecule has 0 unspecified atom stereocenters. The van der Waals surface area contributed by atoms with Crippen molar-refractivity contribution in [2.75, 3.05) is 13.1 Å². The predicted molar refractivity (Wildman–Crippen MR) is 56.9 cm³/mol. The van der Waals surface area contributed by atoms with Crippen LogP contribution in [0, 0.1) is 22.7 Å². The summed E-state index contributed by atoms with van der Waals surface area (Å²) in [6.45, 7) is 3.93. The van der Waals surface area contributed by atoms with E-state index in [0.717, 1.165) is 51.1 Å². The highest BCUT2D eigenvalue weighted by Crippen LogP contribution is 2.42. The number of carbonyl (C=O) groups is 1. The van der Waals surface area contributed by atoms with Crippen LogP contribution in [0.25, 0.3) is 0 Å². The van der Waals surface area contributed by atoms with Crippen LogP contribution in [0.4, 0.5) is 0 Å². The first-order valence-corrected chi connectivity index (χ1v) is 5.88. The third kappa shape index (κ3) is 1.73. The molecule has 1 saturated heterocycles. The summed E-state index contributed by atoms with van der Waals surface area (Å²) < 4.78 is 0. The molecule has 15 heavy (non-hydrogen) atoms. The molecule has 0 aromatic rings. The first kappa shape index (κ1) is 10.5. The van der Waals surface area contributed by atoms with Crippen LogP contribution in [0.2, 0.25) is 0 Å². The summed E-state index contributed by atoms with van der Waals surface area (Å²) in [7, 11) is 0. The van der Waals surface area contributed by atoms with Crippen molar-refractivity contribution in [3.8, 4) is 6.07 Å². The monoisotopic (exact) mass is 206 g/mol. The molecule has 82 valence electrons. The van der Waals surface area contributed by atoms with Gasteiger partial charge in [-0.2, -0.15) is 5.26 Å². The molecule has 0 N–H and O–H groups in total. The maximum absolute atomic E-state index is 12.1. The van der Waals surface area contributed by atoms with Crippen molar-refractivity contribution >= 4 is 5.91 Å². The van der Waals surface area contributed by atoms with Crippen molar-refractivity contribution in [2.45, 2.75) is 39.0 Å². The third-order valence-electron chi connectivity index (χ3n) is 3.90. The minimum atomic E-state index is -0.638. The van der Waals surface area contributed by atoms with Crippen molar-refractivity contribution in [3.05, 3.63) is 0 Å². The molecule has 2 aliphatic rings. The van der Waals surface area contributed by atoms with Gasteiger partial charge < -0.3 is 4.90 Å². The predicted octanol–water partition coefficient (Wildman–Crippen LogP) is 1.94. The molecule has 1 heterocycles. The Morgan fingerprint density at radius 2 is 2.00 bits per heavy atom. The Balaban J connectivity index is 1.99. The van der Waals surface area contributed by atoms with E-state index in [2.05, 4.69) is 13.0 Å². The molecule has 1 saturated carbocycles. The van der Waals surface area contributed by atoms with Gasteiger partial charge in [0.15, 0.2) is 0 Å². The summed E-state index contributed by atoms with van der Waals surface area (Å²) in [4.78, 5) is 14.0. The lowest BCUT2D eigenvalue weighted by molar-refractivity contribution is -0.144. The minimum Gasteiger partial charge on any atom is -0.341 e. The first-order chi connectivity index (χ1) is 7.18. The highest BCUT2D eigenvalue weighted by atomic mass is 16.2. The molecule has 0 atom stereocenters. The van der Waals surface area contributed by atoms with Crippen LogP contribution in [0.5, 0.6) is 0 Å². The number of hydrogen-bond donors (Lipinski definition) is 0. The average molecular weight is 206 g/mol. The van der Waals surface area contributed by atoms with Crippen molar-refractivity contribution in [1.82, 2.24) is 4.90 Å². The van der Waals surface area contributed by atoms with E-state index in [1.165, 1.54) is 0 Å². The SMILES string of the molecule is CC1CCN(C(=O)C2(C#N)CCC2)CC1. The van der Waals surface area contributed by atoms with Crippen molar-refractivity contribution in [2.24, 2.45) is 11.3 Å². The van der Waals surface area contributed by atoms with E-state index in [1.807, 2.05) is 4.90 Å². The van der Waals surface area contributed by atoms with E-state index in [4.69, 9.17) is 5.26 Å². The summed E-state index contributed by atoms with van der Waals surface area (Å²) in [6, 6.07) is 2.23. The largest absolute Gasteiger partial charge is 0.341 e. The molecule has 3 heteroatoms. The van der Waals surface area contributed by atoms with E-state index in [0.29, 0.717) is 0 Å². The Bertz CT molecular complexity index is 293. The quantitative estimate of drug-likeness (QED) is 0.658. The van der Waals surface area contributed by atoms with Crippen LogP contribution in [-0.4, -0.2) is 23.9 Å². The van der Waals surface area contributed by atoms with Crippen molar-refractivity contribution in [3.63, 3.8) is 0 Å². The van der Waals surface area contributed by atoms with Crippen LogP contribution >= 0.6 is 0 Å². The van der Waals surface area contributed by atoms with Gasteiger partial charge in [0.25, 0.3) is 0 Å². The Morgan fingerprint density at radius 1 is 1.40 bits per heavy atom. The lowest BCUT2D eigenvalue weighted by Gasteiger charge is -2.40. The zero-order valence-corrected chi connectivity index (χ0v) is 9.33. The lowest BCUT2D eigenvalue weighted by Crippen LogP contribution is -2.49. The van der Waals surface area contributed by atoms with Gasteiger partial charge in [0.1, 0.15) is 5.41 Å². The van der Waals surface area contributed by atoms with Crippen molar-refractivity contribution in [1.29, 1.82) is 5.26 Å². The molecule has 2 rings (SSSR count). The number of amides is 1. The topological polar surface area (TPSA) is 44.1 Å². The van der Waals surface area contributed by atoms with Crippen LogP contribution in [-0.2, 0) is 4.79 Å². The lowest BCUT2D eigenvalue weighted by atomic mass is 9.68. The number of hydrogen-bond acceptors (Lipinski definition) is 2. The van der Waals surface area contributed by atoms with E-state index in [1.54, 1.807) is 0 Å². The summed E-state index contributed by atoms with van der Waals surface area (Å²) in [5, 5.41) is 9.09. The molecule has 0 spiro atoms. The summed E-state index contributed by atoms with van der Waals surface area (Å²) in [5.74, 6) is 0.830. The highest BCUT2D eigenvalue weighted by Gasteiger charge is 2.47. The van der Waals surface area contributed by atoms with E-state index in [-0.39, 0.29) is 5.91 Å². The van der Waals surface area contributed by atoms with Gasteiger partial charge in [0, 0.05) is 13.1 Å². The maximum Gasteiger partial charge on any atom is 0.243 e. The van der Waals surface area contributed by atoms with Gasteiger partial charge in [-0.25, -0.2) is 0 Å². The fourth-order valence-corrected chi connectivity index (χ4v) is 2.42. The Labute approximate surface area is 91.1 Å². The minimum absolute atomic E-state index is 0.100. The molecule has 3 nitrogen and oxygen atoms in total. The molecule has 0 bridgehead atoms. The zero-order chi connectivity index (χ0) is 10.9. The maximum atomic E-state index is 12.1. The highest BCUT2D eigenvalue weighted by molar-refractivity contribution is 5.86. The number of rotatable bonds is 1. The second-order valence-electron chi connectivity index (χ2n) is 5.02. The van der Waals surface area contributed by atoms with Gasteiger partial charge in [-0.3, -0.25) is 4.79 Å².